The van der Waals surface area contributed by atoms with Gasteiger partial charge in [0.05, 0.1) is 11.8 Å². The molecule has 0 saturated carbocycles. The van der Waals surface area contributed by atoms with E-state index >= 15 is 0 Å². The molecule has 0 aliphatic rings. The maximum atomic E-state index is 12.4. The summed E-state index contributed by atoms with van der Waals surface area (Å²) in [6, 6.07) is 26.7. The Labute approximate surface area is 202 Å². The molecule has 1 amide bonds. The molecule has 0 atom stereocenters. The minimum absolute atomic E-state index is 0.0363. The highest BCUT2D eigenvalue weighted by Gasteiger charge is 2.10. The summed E-state index contributed by atoms with van der Waals surface area (Å²) >= 11 is 0. The molecule has 0 bridgehead atoms. The van der Waals surface area contributed by atoms with Crippen molar-refractivity contribution in [2.45, 2.75) is 13.5 Å². The van der Waals surface area contributed by atoms with Crippen LogP contribution in [-0.4, -0.2) is 21.8 Å². The standard InChI is InChI=1S/C29H22N4O2/c1-19-9-10-20-5-2-3-7-24(20)26(19)18-33-14-13-25-22(6-4-8-27(25)33)17-31-32-29(35)21-11-12-28(34)23(15-21)16-30/h2-15,17,34H,18H2,1H3,(H,32,35). The van der Waals surface area contributed by atoms with Crippen molar-refractivity contribution in [3.05, 3.63) is 113 Å². The lowest BCUT2D eigenvalue weighted by Gasteiger charge is -2.13. The van der Waals surface area contributed by atoms with Crippen LogP contribution in [0, 0.1) is 18.3 Å². The molecule has 35 heavy (non-hydrogen) atoms. The third kappa shape index (κ3) is 4.23. The number of hydrogen-bond acceptors (Lipinski definition) is 4. The van der Waals surface area contributed by atoms with Crippen LogP contribution in [0.25, 0.3) is 21.7 Å². The number of benzene rings is 4. The zero-order valence-electron chi connectivity index (χ0n) is 19.1. The Bertz CT molecular complexity index is 1660. The minimum Gasteiger partial charge on any atom is -0.507 e. The highest BCUT2D eigenvalue weighted by atomic mass is 16.3. The number of phenols is 1. The molecule has 1 aromatic heterocycles. The number of aryl methyl sites for hydroxylation is 1. The van der Waals surface area contributed by atoms with E-state index in [0.717, 1.165) is 23.0 Å². The van der Waals surface area contributed by atoms with Gasteiger partial charge in [0.15, 0.2) is 0 Å². The molecule has 0 radical (unpaired) electrons. The number of hydrazone groups is 1. The smallest absolute Gasteiger partial charge is 0.271 e. The zero-order valence-corrected chi connectivity index (χ0v) is 19.1. The molecule has 5 rings (SSSR count). The van der Waals surface area contributed by atoms with E-state index < -0.39 is 5.91 Å². The van der Waals surface area contributed by atoms with E-state index in [-0.39, 0.29) is 16.9 Å². The molecule has 5 aromatic rings. The zero-order chi connectivity index (χ0) is 24.4. The Hall–Kier alpha value is -4.89. The van der Waals surface area contributed by atoms with E-state index in [9.17, 15) is 9.90 Å². The van der Waals surface area contributed by atoms with Crippen molar-refractivity contribution in [3.8, 4) is 11.8 Å². The summed E-state index contributed by atoms with van der Waals surface area (Å²) in [6.07, 6.45) is 3.68. The third-order valence-electron chi connectivity index (χ3n) is 6.20. The Morgan fingerprint density at radius 2 is 1.91 bits per heavy atom. The Kier molecular flexibility index (Phi) is 5.74. The number of phenolic OH excluding ortho intramolecular Hbond substituents is 1. The van der Waals surface area contributed by atoms with Crippen molar-refractivity contribution in [2.75, 3.05) is 0 Å². The molecule has 0 aliphatic carbocycles. The summed E-state index contributed by atoms with van der Waals surface area (Å²) in [7, 11) is 0. The van der Waals surface area contributed by atoms with Gasteiger partial charge in [-0.25, -0.2) is 5.43 Å². The second kappa shape index (κ2) is 9.16. The van der Waals surface area contributed by atoms with Crippen molar-refractivity contribution in [1.82, 2.24) is 9.99 Å². The molecule has 0 aliphatic heterocycles. The number of aromatic hydroxyl groups is 1. The van der Waals surface area contributed by atoms with Gasteiger partial charge in [-0.3, -0.25) is 4.79 Å². The van der Waals surface area contributed by atoms with Crippen LogP contribution in [0.3, 0.4) is 0 Å². The summed E-state index contributed by atoms with van der Waals surface area (Å²) in [5.41, 5.74) is 7.26. The van der Waals surface area contributed by atoms with Crippen molar-refractivity contribution in [3.63, 3.8) is 0 Å². The number of hydrogen-bond donors (Lipinski definition) is 2. The first kappa shape index (κ1) is 21.9. The van der Waals surface area contributed by atoms with Crippen LogP contribution in [0.5, 0.6) is 5.75 Å². The van der Waals surface area contributed by atoms with Gasteiger partial charge in [-0.05, 0) is 59.2 Å². The highest BCUT2D eigenvalue weighted by Crippen LogP contribution is 2.26. The van der Waals surface area contributed by atoms with Crippen LogP contribution < -0.4 is 5.43 Å². The maximum Gasteiger partial charge on any atom is 0.271 e. The molecule has 6 heteroatoms. The van der Waals surface area contributed by atoms with E-state index in [2.05, 4.69) is 76.7 Å². The monoisotopic (exact) mass is 458 g/mol. The number of nitrogens with zero attached hydrogens (tertiary/aromatic N) is 3. The molecule has 4 aromatic carbocycles. The number of carbonyl (C=O) groups is 1. The lowest BCUT2D eigenvalue weighted by molar-refractivity contribution is 0.0955. The average molecular weight is 459 g/mol. The van der Waals surface area contributed by atoms with Crippen molar-refractivity contribution < 1.29 is 9.90 Å². The molecule has 0 unspecified atom stereocenters. The first-order chi connectivity index (χ1) is 17.0. The Morgan fingerprint density at radius 3 is 2.77 bits per heavy atom. The highest BCUT2D eigenvalue weighted by molar-refractivity contribution is 6.00. The summed E-state index contributed by atoms with van der Waals surface area (Å²) in [6.45, 7) is 2.89. The molecule has 0 spiro atoms. The van der Waals surface area contributed by atoms with Gasteiger partial charge in [0.25, 0.3) is 5.91 Å². The first-order valence-electron chi connectivity index (χ1n) is 11.2. The van der Waals surface area contributed by atoms with Crippen LogP contribution in [0.4, 0.5) is 0 Å². The van der Waals surface area contributed by atoms with Crippen LogP contribution in [0.2, 0.25) is 0 Å². The predicted octanol–water partition coefficient (Wildman–Crippen LogP) is 5.49. The van der Waals surface area contributed by atoms with Crippen molar-refractivity contribution in [2.24, 2.45) is 5.10 Å². The molecule has 6 nitrogen and oxygen atoms in total. The quantitative estimate of drug-likeness (QED) is 0.269. The van der Waals surface area contributed by atoms with Gasteiger partial charge in [-0.2, -0.15) is 10.4 Å². The average Bonchev–Trinajstić information content (AvgIpc) is 3.29. The summed E-state index contributed by atoms with van der Waals surface area (Å²) in [5.74, 6) is -0.628. The van der Waals surface area contributed by atoms with Crippen LogP contribution >= 0.6 is 0 Å². The van der Waals surface area contributed by atoms with Gasteiger partial charge in [0.2, 0.25) is 0 Å². The van der Waals surface area contributed by atoms with Crippen LogP contribution in [0.1, 0.15) is 32.6 Å². The fraction of sp³-hybridized carbons (Fsp3) is 0.0690. The second-order valence-electron chi connectivity index (χ2n) is 8.35. The largest absolute Gasteiger partial charge is 0.507 e. The first-order valence-corrected chi connectivity index (χ1v) is 11.2. The van der Waals surface area contributed by atoms with E-state index in [1.807, 2.05) is 18.2 Å². The summed E-state index contributed by atoms with van der Waals surface area (Å²) in [5, 5.41) is 26.3. The summed E-state index contributed by atoms with van der Waals surface area (Å²) in [4.78, 5) is 12.4. The number of aromatic nitrogens is 1. The van der Waals surface area contributed by atoms with Gasteiger partial charge in [-0.15, -0.1) is 0 Å². The SMILES string of the molecule is Cc1ccc2ccccc2c1Cn1ccc2c(C=NNC(=O)c3ccc(O)c(C#N)c3)cccc21. The van der Waals surface area contributed by atoms with E-state index in [4.69, 9.17) is 5.26 Å². The fourth-order valence-electron chi connectivity index (χ4n) is 4.31. The normalized spacial score (nSPS) is 11.2. The number of fused-ring (bicyclic) bond motifs is 2. The van der Waals surface area contributed by atoms with Gasteiger partial charge in [0, 0.05) is 34.8 Å². The minimum atomic E-state index is -0.464. The van der Waals surface area contributed by atoms with E-state index in [1.165, 1.54) is 40.1 Å². The van der Waals surface area contributed by atoms with Gasteiger partial charge < -0.3 is 9.67 Å². The molecule has 0 saturated heterocycles. The maximum absolute atomic E-state index is 12.4. The van der Waals surface area contributed by atoms with E-state index in [0.29, 0.717) is 0 Å². The van der Waals surface area contributed by atoms with Crippen LogP contribution in [0.15, 0.2) is 90.2 Å². The van der Waals surface area contributed by atoms with Gasteiger partial charge in [-0.1, -0.05) is 48.5 Å². The molecule has 2 N–H and O–H groups in total. The summed E-state index contributed by atoms with van der Waals surface area (Å²) < 4.78 is 2.22. The predicted molar refractivity (Wildman–Crippen MR) is 138 cm³/mol. The van der Waals surface area contributed by atoms with E-state index in [1.54, 1.807) is 6.21 Å². The van der Waals surface area contributed by atoms with Crippen molar-refractivity contribution >= 4 is 33.8 Å². The lowest BCUT2D eigenvalue weighted by Crippen LogP contribution is -2.17. The lowest BCUT2D eigenvalue weighted by atomic mass is 9.99. The topological polar surface area (TPSA) is 90.4 Å². The van der Waals surface area contributed by atoms with Gasteiger partial charge >= 0.3 is 0 Å². The molecular weight excluding hydrogens is 436 g/mol. The number of carbonyl (C=O) groups excluding carboxylic acids is 1. The van der Waals surface area contributed by atoms with Crippen molar-refractivity contribution in [1.29, 1.82) is 5.26 Å². The molecular formula is C29H22N4O2. The third-order valence-corrected chi connectivity index (χ3v) is 6.20. The number of amides is 1. The molecule has 170 valence electrons. The number of nitrogens with one attached hydrogen (secondary N) is 1. The molecule has 0 fully saturated rings. The number of nitriles is 1. The Morgan fingerprint density at radius 1 is 1.06 bits per heavy atom. The molecule has 1 heterocycles. The Balaban J connectivity index is 1.40. The number of rotatable bonds is 5. The van der Waals surface area contributed by atoms with Crippen LogP contribution in [-0.2, 0) is 6.54 Å². The van der Waals surface area contributed by atoms with Gasteiger partial charge in [0.1, 0.15) is 11.8 Å². The fourth-order valence-corrected chi connectivity index (χ4v) is 4.31. The second-order valence-corrected chi connectivity index (χ2v) is 8.35.